The van der Waals surface area contributed by atoms with Crippen molar-refractivity contribution in [2.75, 3.05) is 60.9 Å². The third-order valence-corrected chi connectivity index (χ3v) is 3.42. The van der Waals surface area contributed by atoms with Gasteiger partial charge in [0.05, 0.1) is 27.2 Å². The number of unbranched alkanes of at least 4 members (excludes halogenated alkanes) is 3. The Morgan fingerprint density at radius 3 is 2.09 bits per heavy atom. The predicted molar refractivity (Wildman–Crippen MR) is 90.6 cm³/mol. The van der Waals surface area contributed by atoms with E-state index in [0.29, 0.717) is 30.7 Å². The summed E-state index contributed by atoms with van der Waals surface area (Å²) in [5, 5.41) is 5.65. The first-order chi connectivity index (χ1) is 10.3. The van der Waals surface area contributed by atoms with Gasteiger partial charge in [-0.05, 0) is 26.9 Å². The third kappa shape index (κ3) is 12.6. The Balaban J connectivity index is 3.77. The Labute approximate surface area is 135 Å². The highest BCUT2D eigenvalue weighted by Crippen LogP contribution is 2.04. The van der Waals surface area contributed by atoms with E-state index >= 15 is 0 Å². The molecule has 2 amide bonds. The lowest BCUT2D eigenvalue weighted by atomic mass is 10.2. The molecule has 0 spiro atoms. The Morgan fingerprint density at radius 2 is 1.55 bits per heavy atom. The normalized spacial score (nSPS) is 11.5. The summed E-state index contributed by atoms with van der Waals surface area (Å²) >= 11 is 0. The zero-order chi connectivity index (χ0) is 17.0. The van der Waals surface area contributed by atoms with Crippen LogP contribution < -0.4 is 10.6 Å². The molecule has 130 valence electrons. The number of carbonyl (C=O) groups excluding carboxylic acids is 2. The number of hydrogen-bond acceptors (Lipinski definition) is 3. The van der Waals surface area contributed by atoms with Crippen molar-refractivity contribution in [3.63, 3.8) is 0 Å². The SMILES string of the molecule is CCCCCC[N+](C)(C)CC(=O)NCCNC(=O)CN(C)C. The Morgan fingerprint density at radius 1 is 0.955 bits per heavy atom. The van der Waals surface area contributed by atoms with Crippen LogP contribution in [-0.4, -0.2) is 82.1 Å². The van der Waals surface area contributed by atoms with E-state index in [0.717, 1.165) is 13.0 Å². The number of nitrogens with zero attached hydrogens (tertiary/aromatic N) is 2. The van der Waals surface area contributed by atoms with Crippen LogP contribution in [0, 0.1) is 0 Å². The number of nitrogens with one attached hydrogen (secondary N) is 2. The van der Waals surface area contributed by atoms with Gasteiger partial charge in [0.25, 0.3) is 5.91 Å². The largest absolute Gasteiger partial charge is 0.353 e. The molecular weight excluding hydrogens is 280 g/mol. The van der Waals surface area contributed by atoms with Crippen molar-refractivity contribution in [3.8, 4) is 0 Å². The first-order valence-corrected chi connectivity index (χ1v) is 8.27. The highest BCUT2D eigenvalue weighted by molar-refractivity contribution is 5.78. The molecule has 0 aliphatic carbocycles. The van der Waals surface area contributed by atoms with Gasteiger partial charge in [-0.1, -0.05) is 19.8 Å². The molecule has 0 aromatic carbocycles. The van der Waals surface area contributed by atoms with Crippen LogP contribution in [0.15, 0.2) is 0 Å². The van der Waals surface area contributed by atoms with Crippen LogP contribution in [0.3, 0.4) is 0 Å². The molecule has 0 aromatic rings. The van der Waals surface area contributed by atoms with Crippen molar-refractivity contribution in [1.29, 1.82) is 0 Å². The first kappa shape index (κ1) is 20.9. The minimum atomic E-state index is -0.0220. The van der Waals surface area contributed by atoms with Crippen molar-refractivity contribution >= 4 is 11.8 Å². The molecule has 0 unspecified atom stereocenters. The van der Waals surface area contributed by atoms with Crippen molar-refractivity contribution in [2.24, 2.45) is 0 Å². The van der Waals surface area contributed by atoms with Crippen LogP contribution in [0.1, 0.15) is 32.6 Å². The average Bonchev–Trinajstić information content (AvgIpc) is 2.38. The zero-order valence-electron chi connectivity index (χ0n) is 15.1. The van der Waals surface area contributed by atoms with E-state index in [1.807, 2.05) is 19.0 Å². The van der Waals surface area contributed by atoms with E-state index in [2.05, 4.69) is 31.7 Å². The number of likely N-dealkylation sites (N-methyl/N-ethyl adjacent to an activating group) is 2. The highest BCUT2D eigenvalue weighted by atomic mass is 16.2. The maximum Gasteiger partial charge on any atom is 0.275 e. The summed E-state index contributed by atoms with van der Waals surface area (Å²) in [6, 6.07) is 0. The van der Waals surface area contributed by atoms with E-state index in [4.69, 9.17) is 0 Å². The number of quaternary nitrogens is 1. The van der Waals surface area contributed by atoms with Gasteiger partial charge < -0.3 is 20.0 Å². The van der Waals surface area contributed by atoms with Gasteiger partial charge in [-0.3, -0.25) is 9.59 Å². The fourth-order valence-corrected chi connectivity index (χ4v) is 2.24. The molecule has 0 atom stereocenters. The van der Waals surface area contributed by atoms with Crippen molar-refractivity contribution in [1.82, 2.24) is 15.5 Å². The quantitative estimate of drug-likeness (QED) is 0.406. The van der Waals surface area contributed by atoms with Gasteiger partial charge in [0.15, 0.2) is 6.54 Å². The molecule has 6 heteroatoms. The van der Waals surface area contributed by atoms with Gasteiger partial charge in [-0.25, -0.2) is 0 Å². The molecule has 0 saturated carbocycles. The average molecular weight is 315 g/mol. The van der Waals surface area contributed by atoms with Gasteiger partial charge in [-0.2, -0.15) is 0 Å². The smallest absolute Gasteiger partial charge is 0.275 e. The van der Waals surface area contributed by atoms with Gasteiger partial charge in [0.1, 0.15) is 0 Å². The summed E-state index contributed by atoms with van der Waals surface area (Å²) in [6.45, 7) is 5.03. The second-order valence-electron chi connectivity index (χ2n) is 6.82. The molecule has 2 N–H and O–H groups in total. The van der Waals surface area contributed by atoms with Gasteiger partial charge >= 0.3 is 0 Å². The molecular formula is C16H35N4O2+. The molecule has 0 saturated heterocycles. The lowest BCUT2D eigenvalue weighted by Crippen LogP contribution is -2.49. The Kier molecular flexibility index (Phi) is 10.8. The monoisotopic (exact) mass is 315 g/mol. The number of rotatable bonds is 12. The zero-order valence-corrected chi connectivity index (χ0v) is 15.1. The molecule has 0 aliphatic heterocycles. The van der Waals surface area contributed by atoms with E-state index < -0.39 is 0 Å². The van der Waals surface area contributed by atoms with Crippen molar-refractivity contribution < 1.29 is 14.1 Å². The lowest BCUT2D eigenvalue weighted by molar-refractivity contribution is -0.882. The Hall–Kier alpha value is -1.14. The molecule has 0 heterocycles. The lowest BCUT2D eigenvalue weighted by Gasteiger charge is -2.29. The summed E-state index contributed by atoms with van der Waals surface area (Å²) in [5.41, 5.74) is 0. The minimum absolute atomic E-state index is 0.0220. The summed E-state index contributed by atoms with van der Waals surface area (Å²) in [7, 11) is 7.87. The molecule has 0 aliphatic rings. The fraction of sp³-hybridized carbons (Fsp3) is 0.875. The summed E-state index contributed by atoms with van der Waals surface area (Å²) in [6.07, 6.45) is 4.89. The second-order valence-corrected chi connectivity index (χ2v) is 6.82. The van der Waals surface area contributed by atoms with E-state index in [1.54, 1.807) is 0 Å². The molecule has 0 aromatic heterocycles. The number of hydrogen-bond donors (Lipinski definition) is 2. The molecule has 6 nitrogen and oxygen atoms in total. The molecule has 22 heavy (non-hydrogen) atoms. The van der Waals surface area contributed by atoms with Crippen LogP contribution >= 0.6 is 0 Å². The van der Waals surface area contributed by atoms with Crippen LogP contribution in [0.4, 0.5) is 0 Å². The number of carbonyl (C=O) groups is 2. The standard InChI is InChI=1S/C16H34N4O2/c1-6-7-8-9-12-20(4,5)14-16(22)18-11-10-17-15(21)13-19(2)3/h6-14H2,1-5H3,(H-,17,18,21,22)/p+1. The van der Waals surface area contributed by atoms with E-state index in [1.165, 1.54) is 19.3 Å². The third-order valence-electron chi connectivity index (χ3n) is 3.42. The Bertz CT molecular complexity index is 330. The predicted octanol–water partition coefficient (Wildman–Crippen LogP) is 0.437. The maximum atomic E-state index is 11.9. The fourth-order valence-electron chi connectivity index (χ4n) is 2.24. The summed E-state index contributed by atoms with van der Waals surface area (Å²) < 4.78 is 0.711. The van der Waals surface area contributed by atoms with Gasteiger partial charge in [0, 0.05) is 13.1 Å². The molecule has 0 bridgehead atoms. The van der Waals surface area contributed by atoms with Gasteiger partial charge in [-0.15, -0.1) is 0 Å². The minimum Gasteiger partial charge on any atom is -0.353 e. The molecule has 0 radical (unpaired) electrons. The van der Waals surface area contributed by atoms with Crippen LogP contribution in [0.5, 0.6) is 0 Å². The molecule has 0 rings (SSSR count). The van der Waals surface area contributed by atoms with Crippen molar-refractivity contribution in [2.45, 2.75) is 32.6 Å². The van der Waals surface area contributed by atoms with E-state index in [9.17, 15) is 9.59 Å². The number of amides is 2. The van der Waals surface area contributed by atoms with E-state index in [-0.39, 0.29) is 11.8 Å². The maximum absolute atomic E-state index is 11.9. The topological polar surface area (TPSA) is 61.4 Å². The van der Waals surface area contributed by atoms with Crippen molar-refractivity contribution in [3.05, 3.63) is 0 Å². The van der Waals surface area contributed by atoms with Gasteiger partial charge in [0.2, 0.25) is 5.91 Å². The molecule has 0 fully saturated rings. The van der Waals surface area contributed by atoms with Crippen LogP contribution in [0.2, 0.25) is 0 Å². The highest BCUT2D eigenvalue weighted by Gasteiger charge is 2.19. The summed E-state index contributed by atoms with van der Waals surface area (Å²) in [5.74, 6) is 0.0219. The summed E-state index contributed by atoms with van der Waals surface area (Å²) in [4.78, 5) is 25.2. The second kappa shape index (κ2) is 11.4. The first-order valence-electron chi connectivity index (χ1n) is 8.27. The van der Waals surface area contributed by atoms with Crippen LogP contribution in [-0.2, 0) is 9.59 Å². The van der Waals surface area contributed by atoms with Crippen LogP contribution in [0.25, 0.3) is 0 Å².